The maximum Gasteiger partial charge on any atom is 0.342 e. The van der Waals surface area contributed by atoms with Crippen LogP contribution in [-0.4, -0.2) is 45.7 Å². The summed E-state index contributed by atoms with van der Waals surface area (Å²) < 4.78 is 11.0. The van der Waals surface area contributed by atoms with Crippen LogP contribution >= 0.6 is 11.6 Å². The first kappa shape index (κ1) is 18.0. The molecule has 2 aliphatic heterocycles. The van der Waals surface area contributed by atoms with Gasteiger partial charge in [-0.2, -0.15) is 0 Å². The van der Waals surface area contributed by atoms with Crippen molar-refractivity contribution >= 4 is 17.6 Å². The molecule has 3 N–H and O–H groups in total. The summed E-state index contributed by atoms with van der Waals surface area (Å²) in [7, 11) is 0. The number of halogens is 1. The fraction of sp³-hybridized carbons (Fsp3) is 0.500. The quantitative estimate of drug-likeness (QED) is 0.370. The van der Waals surface area contributed by atoms with E-state index in [9.17, 15) is 20.1 Å². The molecule has 0 unspecified atom stereocenters. The van der Waals surface area contributed by atoms with Crippen LogP contribution in [0.3, 0.4) is 0 Å². The minimum atomic E-state index is -0.915. The van der Waals surface area contributed by atoms with Crippen LogP contribution in [0.2, 0.25) is 5.02 Å². The molecule has 136 valence electrons. The van der Waals surface area contributed by atoms with E-state index < -0.39 is 23.9 Å². The van der Waals surface area contributed by atoms with Crippen LogP contribution in [-0.2, 0) is 15.9 Å². The van der Waals surface area contributed by atoms with Gasteiger partial charge in [-0.25, -0.2) is 4.79 Å². The summed E-state index contributed by atoms with van der Waals surface area (Å²) in [5.74, 6) is -1.53. The molecule has 3 rings (SSSR count). The SMILES string of the molecule is C[C@@H]1C[C@@H]2O[C@H]2CCC=C[C@@H](O)Cc2c(Cl)c(O)cc(O)c2C(=O)O1. The third-order valence-electron chi connectivity index (χ3n) is 4.47. The normalized spacial score (nSPS) is 30.0. The predicted octanol–water partition coefficient (Wildman–Crippen LogP) is 2.71. The predicted molar refractivity (Wildman–Crippen MR) is 91.0 cm³/mol. The number of aliphatic hydroxyl groups is 1. The van der Waals surface area contributed by atoms with E-state index in [1.807, 2.05) is 6.08 Å². The number of rotatable bonds is 0. The first-order chi connectivity index (χ1) is 11.9. The summed E-state index contributed by atoms with van der Waals surface area (Å²) in [5.41, 5.74) is 0.0264. The van der Waals surface area contributed by atoms with Gasteiger partial charge in [0, 0.05) is 18.9 Å². The Balaban J connectivity index is 1.96. The summed E-state index contributed by atoms with van der Waals surface area (Å²) in [6, 6.07) is 0.998. The Labute approximate surface area is 150 Å². The molecule has 2 aliphatic rings. The molecule has 2 heterocycles. The van der Waals surface area contributed by atoms with E-state index in [2.05, 4.69) is 0 Å². The number of allylic oxidation sites excluding steroid dienone is 1. The molecule has 1 fully saturated rings. The van der Waals surface area contributed by atoms with E-state index >= 15 is 0 Å². The molecule has 0 radical (unpaired) electrons. The monoisotopic (exact) mass is 368 g/mol. The van der Waals surface area contributed by atoms with Crippen LogP contribution in [0, 0.1) is 0 Å². The Morgan fingerprint density at radius 2 is 2.00 bits per heavy atom. The molecule has 0 amide bonds. The van der Waals surface area contributed by atoms with E-state index in [1.165, 1.54) is 0 Å². The van der Waals surface area contributed by atoms with Crippen LogP contribution in [0.1, 0.15) is 42.1 Å². The number of epoxide rings is 1. The number of cyclic esters (lactones) is 1. The number of benzene rings is 1. The van der Waals surface area contributed by atoms with Crippen LogP contribution < -0.4 is 0 Å². The third-order valence-corrected chi connectivity index (χ3v) is 4.90. The Kier molecular flexibility index (Phi) is 5.22. The smallest absolute Gasteiger partial charge is 0.342 e. The van der Waals surface area contributed by atoms with E-state index in [1.54, 1.807) is 13.0 Å². The highest BCUT2D eigenvalue weighted by Gasteiger charge is 2.39. The minimum Gasteiger partial charge on any atom is -0.507 e. The maximum absolute atomic E-state index is 12.5. The second-order valence-corrected chi connectivity index (χ2v) is 6.90. The standard InChI is InChI=1S/C18H21ClO6/c1-9-6-15-14(25-15)5-3-2-4-10(20)7-11-16(18(23)24-9)12(21)8-13(22)17(11)19/h2,4,8-10,14-15,20-22H,3,5-7H2,1H3/t9-,10-,14+,15+/m1/s1. The molecule has 1 aromatic rings. The van der Waals surface area contributed by atoms with E-state index in [0.717, 1.165) is 18.9 Å². The number of carbonyl (C=O) groups is 1. The first-order valence-electron chi connectivity index (χ1n) is 8.31. The molecule has 0 bridgehead atoms. The van der Waals surface area contributed by atoms with Gasteiger partial charge in [-0.3, -0.25) is 0 Å². The lowest BCUT2D eigenvalue weighted by atomic mass is 9.98. The molecule has 25 heavy (non-hydrogen) atoms. The molecule has 1 saturated heterocycles. The Morgan fingerprint density at radius 3 is 2.76 bits per heavy atom. The third kappa shape index (κ3) is 4.08. The lowest BCUT2D eigenvalue weighted by molar-refractivity contribution is 0.0305. The number of ether oxygens (including phenoxy) is 2. The van der Waals surface area contributed by atoms with E-state index in [4.69, 9.17) is 21.1 Å². The highest BCUT2D eigenvalue weighted by atomic mass is 35.5. The minimum absolute atomic E-state index is 0.0291. The second kappa shape index (κ2) is 7.23. The van der Waals surface area contributed by atoms with Crippen molar-refractivity contribution in [3.63, 3.8) is 0 Å². The highest BCUT2D eigenvalue weighted by molar-refractivity contribution is 6.33. The average molecular weight is 369 g/mol. The Bertz CT molecular complexity index is 701. The van der Waals surface area contributed by atoms with Gasteiger partial charge in [-0.1, -0.05) is 23.8 Å². The molecule has 0 aliphatic carbocycles. The average Bonchev–Trinajstić information content (AvgIpc) is 3.25. The summed E-state index contributed by atoms with van der Waals surface area (Å²) in [5, 5.41) is 30.1. The van der Waals surface area contributed by atoms with Crippen LogP contribution in [0.5, 0.6) is 11.5 Å². The summed E-state index contributed by atoms with van der Waals surface area (Å²) >= 11 is 6.11. The lowest BCUT2D eigenvalue weighted by Gasteiger charge is -2.18. The van der Waals surface area contributed by atoms with Gasteiger partial charge in [0.15, 0.2) is 0 Å². The molecule has 0 aromatic heterocycles. The topological polar surface area (TPSA) is 99.5 Å². The largest absolute Gasteiger partial charge is 0.507 e. The highest BCUT2D eigenvalue weighted by Crippen LogP contribution is 2.38. The van der Waals surface area contributed by atoms with Gasteiger partial charge in [0.25, 0.3) is 0 Å². The molecule has 1 aromatic carbocycles. The van der Waals surface area contributed by atoms with Crippen molar-refractivity contribution in [1.29, 1.82) is 0 Å². The number of hydrogen-bond acceptors (Lipinski definition) is 6. The number of aromatic hydroxyl groups is 2. The molecule has 0 saturated carbocycles. The van der Waals surface area contributed by atoms with Crippen LogP contribution in [0.15, 0.2) is 18.2 Å². The zero-order chi connectivity index (χ0) is 18.1. The number of phenols is 2. The number of phenolic OH excluding ortho intramolecular Hbond substituents is 2. The van der Waals surface area contributed by atoms with E-state index in [-0.39, 0.29) is 40.5 Å². The fourth-order valence-electron chi connectivity index (χ4n) is 3.15. The number of fused-ring (bicyclic) bond motifs is 2. The summed E-state index contributed by atoms with van der Waals surface area (Å²) in [6.07, 6.45) is 4.51. The molecule has 0 spiro atoms. The molecule has 4 atom stereocenters. The van der Waals surface area contributed by atoms with Crippen molar-refractivity contribution in [1.82, 2.24) is 0 Å². The van der Waals surface area contributed by atoms with Crippen LogP contribution in [0.25, 0.3) is 0 Å². The second-order valence-electron chi connectivity index (χ2n) is 6.52. The van der Waals surface area contributed by atoms with Gasteiger partial charge in [0.2, 0.25) is 0 Å². The summed E-state index contributed by atoms with van der Waals surface area (Å²) in [4.78, 5) is 12.5. The van der Waals surface area contributed by atoms with Crippen molar-refractivity contribution < 1.29 is 29.6 Å². The van der Waals surface area contributed by atoms with Crippen molar-refractivity contribution in [2.75, 3.05) is 0 Å². The van der Waals surface area contributed by atoms with Gasteiger partial charge in [-0.15, -0.1) is 0 Å². The van der Waals surface area contributed by atoms with Crippen molar-refractivity contribution in [3.8, 4) is 11.5 Å². The number of esters is 1. The summed E-state index contributed by atoms with van der Waals surface area (Å²) in [6.45, 7) is 1.76. The maximum atomic E-state index is 12.5. The van der Waals surface area contributed by atoms with Crippen LogP contribution in [0.4, 0.5) is 0 Å². The van der Waals surface area contributed by atoms with Gasteiger partial charge in [0.1, 0.15) is 23.2 Å². The number of aliphatic hydroxyl groups excluding tert-OH is 1. The lowest BCUT2D eigenvalue weighted by Crippen LogP contribution is -2.20. The van der Waals surface area contributed by atoms with Crippen molar-refractivity contribution in [2.45, 2.75) is 57.0 Å². The number of carbonyl (C=O) groups excluding carboxylic acids is 1. The zero-order valence-corrected chi connectivity index (χ0v) is 14.6. The zero-order valence-electron chi connectivity index (χ0n) is 13.8. The fourth-order valence-corrected chi connectivity index (χ4v) is 3.38. The molecular weight excluding hydrogens is 348 g/mol. The molecule has 7 heteroatoms. The Morgan fingerprint density at radius 1 is 1.24 bits per heavy atom. The van der Waals surface area contributed by atoms with Gasteiger partial charge in [-0.05, 0) is 25.3 Å². The van der Waals surface area contributed by atoms with Crippen molar-refractivity contribution in [2.24, 2.45) is 0 Å². The van der Waals surface area contributed by atoms with E-state index in [0.29, 0.717) is 6.42 Å². The van der Waals surface area contributed by atoms with Gasteiger partial charge < -0.3 is 24.8 Å². The van der Waals surface area contributed by atoms with Crippen molar-refractivity contribution in [3.05, 3.63) is 34.4 Å². The first-order valence-corrected chi connectivity index (χ1v) is 8.69. The number of hydrogen-bond donors (Lipinski definition) is 3. The molecule has 6 nitrogen and oxygen atoms in total. The van der Waals surface area contributed by atoms with Gasteiger partial charge in [0.05, 0.1) is 23.3 Å². The Hall–Kier alpha value is -1.76. The molecular formula is C18H21ClO6. The van der Waals surface area contributed by atoms with Gasteiger partial charge >= 0.3 is 5.97 Å².